The van der Waals surface area contributed by atoms with Gasteiger partial charge < -0.3 is 10.1 Å². The Hall–Kier alpha value is -2.66. The van der Waals surface area contributed by atoms with Crippen LogP contribution >= 0.6 is 11.5 Å². The fourth-order valence-corrected chi connectivity index (χ4v) is 4.09. The lowest BCUT2D eigenvalue weighted by molar-refractivity contribution is -0.116. The molecule has 0 unspecified atom stereocenters. The number of aromatic nitrogens is 1. The Kier molecular flexibility index (Phi) is 3.78. The first-order valence-corrected chi connectivity index (χ1v) is 8.53. The molecule has 5 heteroatoms. The summed E-state index contributed by atoms with van der Waals surface area (Å²) in [7, 11) is 1.66. The fraction of sp³-hybridized carbons (Fsp3) is 0.158. The minimum atomic E-state index is -0.0279. The van der Waals surface area contributed by atoms with Gasteiger partial charge in [-0.2, -0.15) is 4.37 Å². The van der Waals surface area contributed by atoms with Gasteiger partial charge in [0.25, 0.3) is 0 Å². The Morgan fingerprint density at radius 2 is 1.88 bits per heavy atom. The van der Waals surface area contributed by atoms with Crippen molar-refractivity contribution in [2.75, 3.05) is 12.4 Å². The molecule has 0 saturated heterocycles. The monoisotopic (exact) mass is 336 g/mol. The minimum Gasteiger partial charge on any atom is -0.496 e. The van der Waals surface area contributed by atoms with Crippen LogP contribution in [0, 0.1) is 0 Å². The molecule has 2 heterocycles. The molecule has 4 nitrogen and oxygen atoms in total. The third-order valence-electron chi connectivity index (χ3n) is 4.25. The summed E-state index contributed by atoms with van der Waals surface area (Å²) >= 11 is 1.45. The van der Waals surface area contributed by atoms with E-state index in [2.05, 4.69) is 9.69 Å². The summed E-state index contributed by atoms with van der Waals surface area (Å²) in [5.74, 6) is 0.786. The molecule has 1 amide bonds. The molecule has 4 rings (SSSR count). The fourth-order valence-electron chi connectivity index (χ4n) is 3.13. The molecule has 120 valence electrons. The Morgan fingerprint density at radius 1 is 1.12 bits per heavy atom. The van der Waals surface area contributed by atoms with E-state index in [-0.39, 0.29) is 11.8 Å². The van der Waals surface area contributed by atoms with Gasteiger partial charge in [0.2, 0.25) is 5.91 Å². The van der Waals surface area contributed by atoms with Crippen LogP contribution in [0.4, 0.5) is 5.69 Å². The molecule has 0 saturated carbocycles. The third-order valence-corrected chi connectivity index (χ3v) is 5.21. The maximum absolute atomic E-state index is 12.3. The number of nitrogens with zero attached hydrogens (tertiary/aromatic N) is 1. The Labute approximate surface area is 144 Å². The molecular formula is C19H16N2O2S. The average Bonchev–Trinajstić information content (AvgIpc) is 3.05. The molecule has 0 bridgehead atoms. The van der Waals surface area contributed by atoms with E-state index < -0.39 is 0 Å². The second-order valence-electron chi connectivity index (χ2n) is 5.68. The van der Waals surface area contributed by atoms with Crippen LogP contribution in [0.3, 0.4) is 0 Å². The van der Waals surface area contributed by atoms with E-state index >= 15 is 0 Å². The zero-order valence-corrected chi connectivity index (χ0v) is 14.0. The molecule has 3 aromatic rings. The molecule has 1 aliphatic rings. The number of rotatable bonds is 3. The van der Waals surface area contributed by atoms with Crippen LogP contribution in [0.25, 0.3) is 11.3 Å². The van der Waals surface area contributed by atoms with E-state index in [1.54, 1.807) is 7.11 Å². The number of methoxy groups -OCH3 is 1. The number of benzene rings is 2. The molecule has 1 atom stereocenters. The molecule has 0 fully saturated rings. The van der Waals surface area contributed by atoms with Crippen molar-refractivity contribution in [2.24, 2.45) is 0 Å². The number of hydrogen-bond acceptors (Lipinski definition) is 4. The molecule has 1 aliphatic heterocycles. The van der Waals surface area contributed by atoms with Gasteiger partial charge in [-0.25, -0.2) is 0 Å². The highest BCUT2D eigenvalue weighted by molar-refractivity contribution is 7.07. The summed E-state index contributed by atoms with van der Waals surface area (Å²) in [6, 6.07) is 17.8. The van der Waals surface area contributed by atoms with Gasteiger partial charge in [0.1, 0.15) is 11.4 Å². The normalized spacial score (nSPS) is 16.4. The maximum atomic E-state index is 12.3. The maximum Gasteiger partial charge on any atom is 0.225 e. The summed E-state index contributed by atoms with van der Waals surface area (Å²) in [6.07, 6.45) is 0.407. The van der Waals surface area contributed by atoms with E-state index in [9.17, 15) is 4.79 Å². The van der Waals surface area contributed by atoms with Crippen molar-refractivity contribution in [2.45, 2.75) is 12.3 Å². The summed E-state index contributed by atoms with van der Waals surface area (Å²) < 4.78 is 10.1. The molecular weight excluding hydrogens is 320 g/mol. The second kappa shape index (κ2) is 6.09. The summed E-state index contributed by atoms with van der Waals surface area (Å²) in [5.41, 5.74) is 3.71. The van der Waals surface area contributed by atoms with Crippen molar-refractivity contribution >= 4 is 23.1 Å². The van der Waals surface area contributed by atoms with E-state index in [0.717, 1.165) is 33.1 Å². The van der Waals surface area contributed by atoms with Crippen molar-refractivity contribution in [1.29, 1.82) is 0 Å². The first-order chi connectivity index (χ1) is 11.8. The number of para-hydroxylation sites is 1. The zero-order valence-electron chi connectivity index (χ0n) is 13.2. The Morgan fingerprint density at radius 3 is 2.67 bits per heavy atom. The molecule has 24 heavy (non-hydrogen) atoms. The number of nitrogens with one attached hydrogen (secondary N) is 1. The van der Waals surface area contributed by atoms with Gasteiger partial charge in [-0.1, -0.05) is 48.5 Å². The van der Waals surface area contributed by atoms with E-state index in [4.69, 9.17) is 4.74 Å². The van der Waals surface area contributed by atoms with Gasteiger partial charge in [0.15, 0.2) is 0 Å². The van der Waals surface area contributed by atoms with Crippen LogP contribution in [-0.2, 0) is 4.79 Å². The zero-order chi connectivity index (χ0) is 16.5. The first-order valence-electron chi connectivity index (χ1n) is 7.75. The lowest BCUT2D eigenvalue weighted by atomic mass is 9.89. The molecule has 0 spiro atoms. The largest absolute Gasteiger partial charge is 0.496 e. The van der Waals surface area contributed by atoms with Crippen LogP contribution in [0.15, 0.2) is 54.6 Å². The smallest absolute Gasteiger partial charge is 0.225 e. The standard InChI is InChI=1S/C19H16N2O2S/c1-23-15-10-6-5-9-13(15)14-11-16(22)20-18-17(21-24-19(14)18)12-7-3-2-4-8-12/h2-10,14H,11H2,1H3,(H,20,22)/t14-/m1/s1. The van der Waals surface area contributed by atoms with Crippen LogP contribution in [0.2, 0.25) is 0 Å². The van der Waals surface area contributed by atoms with Crippen LogP contribution in [0.5, 0.6) is 5.75 Å². The lowest BCUT2D eigenvalue weighted by Gasteiger charge is -2.24. The third kappa shape index (κ3) is 2.47. The van der Waals surface area contributed by atoms with Gasteiger partial charge in [-0.3, -0.25) is 4.79 Å². The minimum absolute atomic E-state index is 0.00999. The molecule has 2 aromatic carbocycles. The van der Waals surface area contributed by atoms with Crippen molar-refractivity contribution in [3.63, 3.8) is 0 Å². The van der Waals surface area contributed by atoms with E-state index in [0.29, 0.717) is 6.42 Å². The van der Waals surface area contributed by atoms with Crippen molar-refractivity contribution < 1.29 is 9.53 Å². The number of hydrogen-bond donors (Lipinski definition) is 1. The SMILES string of the molecule is COc1ccccc1[C@H]1CC(=O)Nc2c(-c3ccccc3)nsc21. The number of amides is 1. The second-order valence-corrected chi connectivity index (χ2v) is 6.49. The number of ether oxygens (including phenoxy) is 1. The van der Waals surface area contributed by atoms with Crippen LogP contribution in [-0.4, -0.2) is 17.4 Å². The summed E-state index contributed by atoms with van der Waals surface area (Å²) in [4.78, 5) is 13.4. The van der Waals surface area contributed by atoms with E-state index in [1.807, 2.05) is 54.6 Å². The van der Waals surface area contributed by atoms with Gasteiger partial charge in [-0.05, 0) is 17.6 Å². The van der Waals surface area contributed by atoms with E-state index in [1.165, 1.54) is 11.5 Å². The molecule has 1 aromatic heterocycles. The first kappa shape index (κ1) is 14.9. The number of anilines is 1. The van der Waals surface area contributed by atoms with Crippen LogP contribution in [0.1, 0.15) is 22.8 Å². The van der Waals surface area contributed by atoms with Gasteiger partial charge >= 0.3 is 0 Å². The number of carbonyl (C=O) groups is 1. The topological polar surface area (TPSA) is 51.2 Å². The van der Waals surface area contributed by atoms with Crippen molar-refractivity contribution in [1.82, 2.24) is 4.37 Å². The van der Waals surface area contributed by atoms with Crippen LogP contribution < -0.4 is 10.1 Å². The van der Waals surface area contributed by atoms with Gasteiger partial charge in [-0.15, -0.1) is 0 Å². The Bertz CT molecular complexity index is 889. The average molecular weight is 336 g/mol. The molecule has 0 radical (unpaired) electrons. The quantitative estimate of drug-likeness (QED) is 0.776. The number of carbonyl (C=O) groups excluding carboxylic acids is 1. The highest BCUT2D eigenvalue weighted by Crippen LogP contribution is 2.46. The summed E-state index contributed by atoms with van der Waals surface area (Å²) in [5, 5.41) is 3.01. The summed E-state index contributed by atoms with van der Waals surface area (Å²) in [6.45, 7) is 0. The predicted molar refractivity (Wildman–Crippen MR) is 95.6 cm³/mol. The lowest BCUT2D eigenvalue weighted by Crippen LogP contribution is -2.22. The molecule has 0 aliphatic carbocycles. The molecule has 1 N–H and O–H groups in total. The number of fused-ring (bicyclic) bond motifs is 1. The van der Waals surface area contributed by atoms with Gasteiger partial charge in [0.05, 0.1) is 17.7 Å². The predicted octanol–water partition coefficient (Wildman–Crippen LogP) is 4.29. The highest BCUT2D eigenvalue weighted by atomic mass is 32.1. The van der Waals surface area contributed by atoms with Crippen molar-refractivity contribution in [3.8, 4) is 17.0 Å². The highest BCUT2D eigenvalue weighted by Gasteiger charge is 2.32. The van der Waals surface area contributed by atoms with Crippen molar-refractivity contribution in [3.05, 3.63) is 65.0 Å². The van der Waals surface area contributed by atoms with Gasteiger partial charge in [0, 0.05) is 23.5 Å². The Balaban J connectivity index is 1.84.